The van der Waals surface area contributed by atoms with Crippen molar-refractivity contribution >= 4 is 27.3 Å². The molecule has 0 radical (unpaired) electrons. The van der Waals surface area contributed by atoms with E-state index in [9.17, 15) is 28.4 Å². The van der Waals surface area contributed by atoms with Crippen molar-refractivity contribution in [2.24, 2.45) is 0 Å². The van der Waals surface area contributed by atoms with Crippen LogP contribution in [-0.2, 0) is 6.42 Å². The molecule has 0 fully saturated rings. The number of nitrogens with one attached hydrogen (secondary N) is 1. The number of nitrogens with zero attached hydrogens (tertiary/aromatic N) is 1. The normalized spacial score (nSPS) is 12.0. The molecule has 0 amide bonds. The van der Waals surface area contributed by atoms with E-state index in [1.165, 1.54) is 24.3 Å². The quantitative estimate of drug-likeness (QED) is 0.332. The van der Waals surface area contributed by atoms with Gasteiger partial charge in [-0.2, -0.15) is 0 Å². The highest BCUT2D eigenvalue weighted by molar-refractivity contribution is 9.10. The van der Waals surface area contributed by atoms with Crippen LogP contribution in [0.25, 0.3) is 0 Å². The van der Waals surface area contributed by atoms with Crippen molar-refractivity contribution in [1.82, 2.24) is 0 Å². The van der Waals surface area contributed by atoms with Crippen LogP contribution in [0.4, 0.5) is 24.5 Å². The third-order valence-corrected chi connectivity index (χ3v) is 3.87. The lowest BCUT2D eigenvalue weighted by molar-refractivity contribution is -0.384. The first kappa shape index (κ1) is 18.2. The zero-order valence-electron chi connectivity index (χ0n) is 12.1. The maximum absolute atomic E-state index is 13.7. The van der Waals surface area contributed by atoms with Gasteiger partial charge in [0.15, 0.2) is 17.5 Å². The second-order valence-electron chi connectivity index (χ2n) is 5.01. The van der Waals surface area contributed by atoms with Crippen LogP contribution in [0, 0.1) is 27.6 Å². The Labute approximate surface area is 143 Å². The summed E-state index contributed by atoms with van der Waals surface area (Å²) in [6.07, 6.45) is -0.820. The zero-order valence-corrected chi connectivity index (χ0v) is 13.7. The minimum absolute atomic E-state index is 0.0126. The Hall–Kier alpha value is -2.13. The largest absolute Gasteiger partial charge is 0.391 e. The molecule has 9 heteroatoms. The molecule has 1 unspecified atom stereocenters. The third-order valence-electron chi connectivity index (χ3n) is 3.25. The van der Waals surface area contributed by atoms with Crippen LogP contribution in [0.2, 0.25) is 0 Å². The van der Waals surface area contributed by atoms with Gasteiger partial charge in [0, 0.05) is 29.6 Å². The van der Waals surface area contributed by atoms with Crippen LogP contribution in [-0.4, -0.2) is 22.7 Å². The zero-order chi connectivity index (χ0) is 17.9. The van der Waals surface area contributed by atoms with Crippen LogP contribution >= 0.6 is 15.9 Å². The van der Waals surface area contributed by atoms with Crippen LogP contribution in [0.5, 0.6) is 0 Å². The van der Waals surface area contributed by atoms with Gasteiger partial charge < -0.3 is 10.4 Å². The van der Waals surface area contributed by atoms with Crippen molar-refractivity contribution in [2.45, 2.75) is 12.5 Å². The fourth-order valence-corrected chi connectivity index (χ4v) is 2.56. The molecule has 0 heterocycles. The lowest BCUT2D eigenvalue weighted by atomic mass is 10.1. The van der Waals surface area contributed by atoms with Gasteiger partial charge in [0.2, 0.25) is 0 Å². The predicted molar refractivity (Wildman–Crippen MR) is 85.3 cm³/mol. The number of nitro benzene ring substituents is 1. The number of benzene rings is 2. The fraction of sp³-hybridized carbons (Fsp3) is 0.200. The second kappa shape index (κ2) is 7.63. The number of aliphatic hydroxyl groups is 1. The molecule has 0 aromatic heterocycles. The first-order valence-corrected chi connectivity index (χ1v) is 7.57. The van der Waals surface area contributed by atoms with Crippen molar-refractivity contribution in [3.63, 3.8) is 0 Å². The van der Waals surface area contributed by atoms with E-state index >= 15 is 0 Å². The topological polar surface area (TPSA) is 75.4 Å². The summed E-state index contributed by atoms with van der Waals surface area (Å²) in [5.74, 6) is -4.31. The minimum atomic E-state index is -1.61. The van der Waals surface area contributed by atoms with E-state index in [4.69, 9.17) is 0 Å². The maximum atomic E-state index is 13.7. The molecule has 0 aliphatic carbocycles. The van der Waals surface area contributed by atoms with Crippen molar-refractivity contribution in [3.05, 3.63) is 67.9 Å². The van der Waals surface area contributed by atoms with Crippen LogP contribution in [0.3, 0.4) is 0 Å². The van der Waals surface area contributed by atoms with Crippen molar-refractivity contribution in [2.75, 3.05) is 11.9 Å². The van der Waals surface area contributed by atoms with Gasteiger partial charge in [0.25, 0.3) is 5.69 Å². The maximum Gasteiger partial charge on any atom is 0.269 e. The smallest absolute Gasteiger partial charge is 0.269 e. The van der Waals surface area contributed by atoms with E-state index in [1.54, 1.807) is 0 Å². The molecular formula is C15H12BrF3N2O3. The van der Waals surface area contributed by atoms with Crippen LogP contribution in [0.15, 0.2) is 34.8 Å². The Morgan fingerprint density at radius 2 is 1.83 bits per heavy atom. The van der Waals surface area contributed by atoms with Crippen molar-refractivity contribution < 1.29 is 23.2 Å². The molecule has 0 saturated carbocycles. The number of aliphatic hydroxyl groups excluding tert-OH is 1. The lowest BCUT2D eigenvalue weighted by Gasteiger charge is -2.15. The number of non-ortho nitro benzene ring substituents is 1. The molecule has 0 saturated heterocycles. The van der Waals surface area contributed by atoms with E-state index in [0.29, 0.717) is 5.56 Å². The second-order valence-corrected chi connectivity index (χ2v) is 5.86. The predicted octanol–water partition coefficient (Wildman–Crippen LogP) is 3.79. The standard InChI is InChI=1S/C15H12BrF3N2O3/c16-11-6-12(17)13(18)14(19)15(11)20-7-10(22)5-8-1-3-9(4-2-8)21(23)24/h1-4,6,10,20,22H,5,7H2. The van der Waals surface area contributed by atoms with E-state index in [0.717, 1.165) is 6.07 Å². The van der Waals surface area contributed by atoms with E-state index in [1.807, 2.05) is 0 Å². The summed E-state index contributed by atoms with van der Waals surface area (Å²) in [7, 11) is 0. The molecule has 1 atom stereocenters. The molecule has 0 aliphatic rings. The number of nitro groups is 1. The average Bonchev–Trinajstić information content (AvgIpc) is 2.53. The highest BCUT2D eigenvalue weighted by Crippen LogP contribution is 2.29. The Balaban J connectivity index is 2.00. The molecule has 128 valence electrons. The minimum Gasteiger partial charge on any atom is -0.391 e. The van der Waals surface area contributed by atoms with Gasteiger partial charge in [-0.15, -0.1) is 0 Å². The third kappa shape index (κ3) is 4.24. The first-order chi connectivity index (χ1) is 11.3. The summed E-state index contributed by atoms with van der Waals surface area (Å²) >= 11 is 2.92. The molecule has 5 nitrogen and oxygen atoms in total. The average molecular weight is 405 g/mol. The molecule has 0 bridgehead atoms. The summed E-state index contributed by atoms with van der Waals surface area (Å²) in [6, 6.07) is 6.39. The number of rotatable bonds is 6. The number of anilines is 1. The Morgan fingerprint density at radius 3 is 2.42 bits per heavy atom. The van der Waals surface area contributed by atoms with Crippen molar-refractivity contribution in [1.29, 1.82) is 0 Å². The summed E-state index contributed by atoms with van der Waals surface area (Å²) in [4.78, 5) is 10.0. The number of hydrogen-bond donors (Lipinski definition) is 2. The molecule has 2 aromatic carbocycles. The van der Waals surface area contributed by atoms with Gasteiger partial charge in [-0.3, -0.25) is 10.1 Å². The van der Waals surface area contributed by atoms with Gasteiger partial charge >= 0.3 is 0 Å². The van der Waals surface area contributed by atoms with Gasteiger partial charge in [0.05, 0.1) is 16.7 Å². The Bertz CT molecular complexity index is 757. The van der Waals surface area contributed by atoms with Gasteiger partial charge in [-0.1, -0.05) is 12.1 Å². The highest BCUT2D eigenvalue weighted by Gasteiger charge is 2.18. The van der Waals surface area contributed by atoms with Gasteiger partial charge in [-0.05, 0) is 27.6 Å². The van der Waals surface area contributed by atoms with Crippen LogP contribution in [0.1, 0.15) is 5.56 Å². The summed E-state index contributed by atoms with van der Waals surface area (Å²) in [5.41, 5.74) is 0.274. The SMILES string of the molecule is O=[N+]([O-])c1ccc(CC(O)CNc2c(Br)cc(F)c(F)c2F)cc1. The monoisotopic (exact) mass is 404 g/mol. The molecular weight excluding hydrogens is 393 g/mol. The van der Waals surface area contributed by atoms with E-state index in [2.05, 4.69) is 21.2 Å². The van der Waals surface area contributed by atoms with Crippen molar-refractivity contribution in [3.8, 4) is 0 Å². The lowest BCUT2D eigenvalue weighted by Crippen LogP contribution is -2.22. The molecule has 2 rings (SSSR count). The first-order valence-electron chi connectivity index (χ1n) is 6.78. The molecule has 24 heavy (non-hydrogen) atoms. The summed E-state index contributed by atoms with van der Waals surface area (Å²) in [5, 5.41) is 23.0. The molecule has 0 spiro atoms. The fourth-order valence-electron chi connectivity index (χ4n) is 2.05. The van der Waals surface area contributed by atoms with Gasteiger partial charge in [-0.25, -0.2) is 13.2 Å². The molecule has 2 aromatic rings. The highest BCUT2D eigenvalue weighted by atomic mass is 79.9. The van der Waals surface area contributed by atoms with E-state index < -0.39 is 28.5 Å². The van der Waals surface area contributed by atoms with Crippen LogP contribution < -0.4 is 5.32 Å². The Kier molecular flexibility index (Phi) is 5.79. The number of hydrogen-bond acceptors (Lipinski definition) is 4. The van der Waals surface area contributed by atoms with E-state index in [-0.39, 0.29) is 28.8 Å². The molecule has 0 aliphatic heterocycles. The summed E-state index contributed by atoms with van der Waals surface area (Å²) < 4.78 is 39.9. The molecule has 2 N–H and O–H groups in total. The van der Waals surface area contributed by atoms with Gasteiger partial charge in [0.1, 0.15) is 0 Å². The summed E-state index contributed by atoms with van der Waals surface area (Å²) in [6.45, 7) is -0.127. The number of halogens is 4. The Morgan fingerprint density at radius 1 is 1.21 bits per heavy atom.